The summed E-state index contributed by atoms with van der Waals surface area (Å²) >= 11 is 0. The van der Waals surface area contributed by atoms with Gasteiger partial charge in [-0.3, -0.25) is 14.5 Å². The van der Waals surface area contributed by atoms with Crippen molar-refractivity contribution in [2.75, 3.05) is 5.32 Å². The number of aryl methyl sites for hydroxylation is 1. The van der Waals surface area contributed by atoms with Crippen LogP contribution in [0.25, 0.3) is 11.5 Å². The van der Waals surface area contributed by atoms with Crippen LogP contribution in [0, 0.1) is 13.8 Å². The first-order valence-corrected chi connectivity index (χ1v) is 10.8. The van der Waals surface area contributed by atoms with E-state index in [-0.39, 0.29) is 28.9 Å². The standard InChI is InChI=1S/C24H19F6N5O2/c1-12-21(32-22(36)19-11-20(37-34-19)18-6-4-5-9-31-18)14(3)35(33-12)13(2)16-8-7-15(23(25,26)27)10-17(16)24(28,29)30/h4-11,13H,1-3H3,(H,32,36). The molecule has 1 unspecified atom stereocenters. The van der Waals surface area contributed by atoms with Crippen LogP contribution >= 0.6 is 0 Å². The molecule has 0 bridgehead atoms. The Kier molecular flexibility index (Phi) is 6.57. The molecule has 1 N–H and O–H groups in total. The van der Waals surface area contributed by atoms with E-state index < -0.39 is 41.0 Å². The molecule has 194 valence electrons. The molecular weight excluding hydrogens is 504 g/mol. The van der Waals surface area contributed by atoms with Crippen LogP contribution in [-0.4, -0.2) is 25.8 Å². The quantitative estimate of drug-likeness (QED) is 0.304. The largest absolute Gasteiger partial charge is 0.416 e. The Morgan fingerprint density at radius 1 is 1.03 bits per heavy atom. The summed E-state index contributed by atoms with van der Waals surface area (Å²) in [6.07, 6.45) is -8.42. The highest BCUT2D eigenvalue weighted by Gasteiger charge is 2.39. The maximum absolute atomic E-state index is 13.7. The van der Waals surface area contributed by atoms with E-state index in [9.17, 15) is 31.1 Å². The van der Waals surface area contributed by atoms with Gasteiger partial charge in [0.05, 0.1) is 34.2 Å². The molecule has 3 aromatic heterocycles. The summed E-state index contributed by atoms with van der Waals surface area (Å²) in [6, 6.07) is 6.85. The number of carbonyl (C=O) groups excluding carboxylic acids is 1. The molecule has 0 fully saturated rings. The normalized spacial score (nSPS) is 13.0. The van der Waals surface area contributed by atoms with Gasteiger partial charge < -0.3 is 9.84 Å². The molecule has 0 radical (unpaired) electrons. The first-order chi connectivity index (χ1) is 17.3. The molecule has 13 heteroatoms. The van der Waals surface area contributed by atoms with Crippen LogP contribution in [0.4, 0.5) is 32.0 Å². The van der Waals surface area contributed by atoms with Gasteiger partial charge in [-0.05, 0) is 50.6 Å². The van der Waals surface area contributed by atoms with Crippen LogP contribution in [0.2, 0.25) is 0 Å². The van der Waals surface area contributed by atoms with Crippen molar-refractivity contribution in [1.82, 2.24) is 19.9 Å². The van der Waals surface area contributed by atoms with Gasteiger partial charge in [-0.2, -0.15) is 31.4 Å². The Labute approximate surface area is 206 Å². The van der Waals surface area contributed by atoms with E-state index in [1.165, 1.54) is 31.5 Å². The molecule has 3 heterocycles. The van der Waals surface area contributed by atoms with Crippen LogP contribution in [0.5, 0.6) is 0 Å². The zero-order valence-electron chi connectivity index (χ0n) is 19.6. The van der Waals surface area contributed by atoms with Gasteiger partial charge in [0, 0.05) is 12.3 Å². The molecule has 7 nitrogen and oxygen atoms in total. The number of benzene rings is 1. The molecule has 0 aliphatic rings. The highest BCUT2D eigenvalue weighted by Crippen LogP contribution is 2.40. The van der Waals surface area contributed by atoms with Gasteiger partial charge in [0.15, 0.2) is 11.5 Å². The number of hydrogen-bond acceptors (Lipinski definition) is 5. The first-order valence-electron chi connectivity index (χ1n) is 10.8. The molecule has 37 heavy (non-hydrogen) atoms. The van der Waals surface area contributed by atoms with E-state index in [1.807, 2.05) is 0 Å². The van der Waals surface area contributed by atoms with Crippen molar-refractivity contribution in [3.63, 3.8) is 0 Å². The minimum atomic E-state index is -5.03. The second kappa shape index (κ2) is 9.37. The Morgan fingerprint density at radius 2 is 1.76 bits per heavy atom. The summed E-state index contributed by atoms with van der Waals surface area (Å²) in [6.45, 7) is 4.43. The number of halogens is 6. The van der Waals surface area contributed by atoms with Crippen molar-refractivity contribution in [1.29, 1.82) is 0 Å². The molecule has 0 spiro atoms. The number of amides is 1. The number of nitrogens with one attached hydrogen (secondary N) is 1. The lowest BCUT2D eigenvalue weighted by Crippen LogP contribution is -2.19. The van der Waals surface area contributed by atoms with Gasteiger partial charge in [0.1, 0.15) is 5.69 Å². The zero-order valence-corrected chi connectivity index (χ0v) is 19.6. The van der Waals surface area contributed by atoms with Crippen LogP contribution in [0.15, 0.2) is 53.2 Å². The lowest BCUT2D eigenvalue weighted by molar-refractivity contribution is -0.143. The summed E-state index contributed by atoms with van der Waals surface area (Å²) in [5.41, 5.74) is -2.04. The molecule has 1 aromatic carbocycles. The predicted octanol–water partition coefficient (Wildman–Crippen LogP) is 6.45. The smallest absolute Gasteiger partial charge is 0.354 e. The maximum atomic E-state index is 13.7. The fraction of sp³-hybridized carbons (Fsp3) is 0.250. The molecule has 0 saturated carbocycles. The highest BCUT2D eigenvalue weighted by atomic mass is 19.4. The van der Waals surface area contributed by atoms with Crippen LogP contribution in [0.3, 0.4) is 0 Å². The second-order valence-electron chi connectivity index (χ2n) is 8.21. The predicted molar refractivity (Wildman–Crippen MR) is 120 cm³/mol. The number of aromatic nitrogens is 4. The molecular formula is C24H19F6N5O2. The summed E-state index contributed by atoms with van der Waals surface area (Å²) in [4.78, 5) is 16.9. The summed E-state index contributed by atoms with van der Waals surface area (Å²) < 4.78 is 86.6. The number of hydrogen-bond donors (Lipinski definition) is 1. The van der Waals surface area contributed by atoms with E-state index >= 15 is 0 Å². The maximum Gasteiger partial charge on any atom is 0.416 e. The third-order valence-corrected chi connectivity index (χ3v) is 5.73. The average Bonchev–Trinajstić information content (AvgIpc) is 3.44. The summed E-state index contributed by atoms with van der Waals surface area (Å²) in [5, 5.41) is 10.6. The Morgan fingerprint density at radius 3 is 2.38 bits per heavy atom. The molecule has 4 rings (SSSR count). The average molecular weight is 523 g/mol. The number of alkyl halides is 6. The van der Waals surface area contributed by atoms with Gasteiger partial charge >= 0.3 is 12.4 Å². The fourth-order valence-corrected chi connectivity index (χ4v) is 3.88. The summed E-state index contributed by atoms with van der Waals surface area (Å²) in [7, 11) is 0. The highest BCUT2D eigenvalue weighted by molar-refractivity contribution is 6.03. The Balaban J connectivity index is 1.64. The monoisotopic (exact) mass is 523 g/mol. The van der Waals surface area contributed by atoms with E-state index in [0.29, 0.717) is 17.5 Å². The first kappa shape index (κ1) is 25.9. The Hall–Kier alpha value is -4.16. The topological polar surface area (TPSA) is 85.8 Å². The third-order valence-electron chi connectivity index (χ3n) is 5.73. The molecule has 4 aromatic rings. The van der Waals surface area contributed by atoms with Crippen LogP contribution in [-0.2, 0) is 12.4 Å². The molecule has 0 aliphatic heterocycles. The van der Waals surface area contributed by atoms with Crippen LogP contribution < -0.4 is 5.32 Å². The molecule has 1 atom stereocenters. The number of rotatable bonds is 5. The van der Waals surface area contributed by atoms with Crippen LogP contribution in [0.1, 0.15) is 51.5 Å². The van der Waals surface area contributed by atoms with E-state index in [4.69, 9.17) is 4.52 Å². The van der Waals surface area contributed by atoms with Crippen molar-refractivity contribution in [2.45, 2.75) is 39.2 Å². The van der Waals surface area contributed by atoms with Gasteiger partial charge in [0.25, 0.3) is 5.91 Å². The Bertz CT molecular complexity index is 1440. The van der Waals surface area contributed by atoms with Gasteiger partial charge in [-0.1, -0.05) is 17.3 Å². The van der Waals surface area contributed by atoms with Crippen molar-refractivity contribution >= 4 is 11.6 Å². The van der Waals surface area contributed by atoms with E-state index in [0.717, 1.165) is 6.07 Å². The van der Waals surface area contributed by atoms with Crippen molar-refractivity contribution < 1.29 is 35.7 Å². The second-order valence-corrected chi connectivity index (χ2v) is 8.21. The van der Waals surface area contributed by atoms with E-state index in [1.54, 1.807) is 24.4 Å². The third kappa shape index (κ3) is 5.20. The van der Waals surface area contributed by atoms with Crippen molar-refractivity contribution in [3.8, 4) is 11.5 Å². The SMILES string of the molecule is Cc1nn(C(C)c2ccc(C(F)(F)F)cc2C(F)(F)F)c(C)c1NC(=O)c1cc(-c2ccccn2)on1. The van der Waals surface area contributed by atoms with E-state index in [2.05, 4.69) is 20.6 Å². The van der Waals surface area contributed by atoms with Crippen molar-refractivity contribution in [3.05, 3.63) is 82.4 Å². The van der Waals surface area contributed by atoms with Crippen molar-refractivity contribution in [2.24, 2.45) is 0 Å². The van der Waals surface area contributed by atoms with Gasteiger partial charge in [-0.15, -0.1) is 0 Å². The zero-order chi connectivity index (χ0) is 27.1. The lowest BCUT2D eigenvalue weighted by atomic mass is 9.98. The molecule has 1 amide bonds. The number of pyridine rings is 1. The molecule has 0 saturated heterocycles. The summed E-state index contributed by atoms with van der Waals surface area (Å²) in [5.74, 6) is -0.402. The lowest BCUT2D eigenvalue weighted by Gasteiger charge is -2.21. The fourth-order valence-electron chi connectivity index (χ4n) is 3.88. The number of carbonyl (C=O) groups is 1. The number of anilines is 1. The van der Waals surface area contributed by atoms with Gasteiger partial charge in [0.2, 0.25) is 0 Å². The minimum Gasteiger partial charge on any atom is -0.354 e. The minimum absolute atomic E-state index is 0.0673. The van der Waals surface area contributed by atoms with Gasteiger partial charge in [-0.25, -0.2) is 0 Å². The molecule has 0 aliphatic carbocycles. The number of nitrogens with zero attached hydrogens (tertiary/aromatic N) is 4.